The van der Waals surface area contributed by atoms with Gasteiger partial charge < -0.3 is 9.47 Å². The summed E-state index contributed by atoms with van der Waals surface area (Å²) < 4.78 is 11.6. The van der Waals surface area contributed by atoms with Crippen LogP contribution in [-0.4, -0.2) is 17.9 Å². The second kappa shape index (κ2) is 3.21. The fraction of sp³-hybridized carbons (Fsp3) is 0.917. The van der Waals surface area contributed by atoms with Crippen LogP contribution in [0.25, 0.3) is 0 Å². The highest BCUT2D eigenvalue weighted by atomic mass is 16.7. The number of fused-ring (bicyclic) bond motifs is 1. The van der Waals surface area contributed by atoms with Gasteiger partial charge in [0.15, 0.2) is 0 Å². The van der Waals surface area contributed by atoms with Gasteiger partial charge in [0.2, 0.25) is 5.79 Å². The average molecular weight is 210 g/mol. The first-order chi connectivity index (χ1) is 7.20. The molecule has 0 unspecified atom stereocenters. The van der Waals surface area contributed by atoms with Crippen molar-refractivity contribution in [2.24, 2.45) is 11.8 Å². The first kappa shape index (κ1) is 9.64. The van der Waals surface area contributed by atoms with E-state index < -0.39 is 5.79 Å². The molecule has 3 atom stereocenters. The van der Waals surface area contributed by atoms with Gasteiger partial charge in [-0.25, -0.2) is 0 Å². The maximum absolute atomic E-state index is 11.8. The Balaban J connectivity index is 1.76. The summed E-state index contributed by atoms with van der Waals surface area (Å²) in [6, 6.07) is 0. The molecule has 0 radical (unpaired) electrons. The van der Waals surface area contributed by atoms with E-state index in [2.05, 4.69) is 6.92 Å². The van der Waals surface area contributed by atoms with Crippen molar-refractivity contribution in [1.29, 1.82) is 0 Å². The lowest BCUT2D eigenvalue weighted by molar-refractivity contribution is -0.321. The molecular weight excluding hydrogens is 192 g/mol. The van der Waals surface area contributed by atoms with Gasteiger partial charge >= 0.3 is 5.97 Å². The Hall–Kier alpha value is -0.570. The predicted molar refractivity (Wildman–Crippen MR) is 54.1 cm³/mol. The van der Waals surface area contributed by atoms with Gasteiger partial charge in [-0.2, -0.15) is 0 Å². The zero-order chi connectivity index (χ0) is 10.5. The summed E-state index contributed by atoms with van der Waals surface area (Å²) in [7, 11) is 0. The summed E-state index contributed by atoms with van der Waals surface area (Å²) in [5.74, 6) is -0.0655. The highest BCUT2D eigenvalue weighted by Gasteiger charge is 2.55. The van der Waals surface area contributed by atoms with E-state index in [0.29, 0.717) is 5.92 Å². The lowest BCUT2D eigenvalue weighted by Crippen LogP contribution is -2.59. The summed E-state index contributed by atoms with van der Waals surface area (Å²) in [5.41, 5.74) is 0. The first-order valence-corrected chi connectivity index (χ1v) is 6.11. The Labute approximate surface area is 90.1 Å². The third-order valence-corrected chi connectivity index (χ3v) is 4.16. The minimum atomic E-state index is -0.531. The van der Waals surface area contributed by atoms with Crippen molar-refractivity contribution >= 4 is 5.97 Å². The molecule has 15 heavy (non-hydrogen) atoms. The molecule has 3 heteroatoms. The third kappa shape index (κ3) is 1.40. The van der Waals surface area contributed by atoms with E-state index in [1.54, 1.807) is 0 Å². The molecule has 3 aliphatic rings. The summed E-state index contributed by atoms with van der Waals surface area (Å²) in [6.07, 6.45) is 6.47. The number of rotatable bonds is 0. The topological polar surface area (TPSA) is 35.5 Å². The van der Waals surface area contributed by atoms with E-state index in [4.69, 9.17) is 9.47 Å². The number of esters is 1. The molecule has 0 aromatic rings. The fourth-order valence-corrected chi connectivity index (χ4v) is 3.20. The van der Waals surface area contributed by atoms with Crippen molar-refractivity contribution in [3.8, 4) is 0 Å². The number of carbonyl (C=O) groups excluding carboxylic acids is 1. The minimum absolute atomic E-state index is 0.00750. The molecule has 1 spiro atoms. The van der Waals surface area contributed by atoms with E-state index >= 15 is 0 Å². The van der Waals surface area contributed by atoms with Crippen molar-refractivity contribution in [3.63, 3.8) is 0 Å². The van der Waals surface area contributed by atoms with Crippen LogP contribution in [0.3, 0.4) is 0 Å². The van der Waals surface area contributed by atoms with Crippen LogP contribution < -0.4 is 0 Å². The summed E-state index contributed by atoms with van der Waals surface area (Å²) in [6.45, 7) is 2.10. The van der Waals surface area contributed by atoms with Gasteiger partial charge in [0, 0.05) is 12.8 Å². The molecular formula is C12H18O3. The molecule has 3 fully saturated rings. The number of ether oxygens (including phenoxy) is 2. The number of hydrogen-bond donors (Lipinski definition) is 0. The molecule has 0 aromatic carbocycles. The summed E-state index contributed by atoms with van der Waals surface area (Å²) >= 11 is 0. The predicted octanol–water partition coefficient (Wildman–Crippen LogP) is 2.24. The highest BCUT2D eigenvalue weighted by molar-refractivity contribution is 5.75. The zero-order valence-electron chi connectivity index (χ0n) is 9.20. The van der Waals surface area contributed by atoms with Gasteiger partial charge in [-0.15, -0.1) is 0 Å². The first-order valence-electron chi connectivity index (χ1n) is 6.11. The molecule has 0 amide bonds. The second-order valence-electron chi connectivity index (χ2n) is 5.29. The molecule has 1 heterocycles. The highest BCUT2D eigenvalue weighted by Crippen LogP contribution is 2.48. The lowest BCUT2D eigenvalue weighted by Gasteiger charge is -2.52. The van der Waals surface area contributed by atoms with Crippen molar-refractivity contribution in [2.45, 2.75) is 57.3 Å². The molecule has 3 nitrogen and oxygen atoms in total. The fourth-order valence-electron chi connectivity index (χ4n) is 3.20. The van der Waals surface area contributed by atoms with E-state index in [0.717, 1.165) is 32.1 Å². The van der Waals surface area contributed by atoms with E-state index in [-0.39, 0.29) is 18.0 Å². The van der Waals surface area contributed by atoms with Crippen LogP contribution in [0.4, 0.5) is 0 Å². The molecule has 3 rings (SSSR count). The minimum Gasteiger partial charge on any atom is -0.433 e. The Kier molecular flexibility index (Phi) is 2.06. The van der Waals surface area contributed by atoms with Crippen LogP contribution in [-0.2, 0) is 14.3 Å². The van der Waals surface area contributed by atoms with Gasteiger partial charge in [-0.3, -0.25) is 4.79 Å². The second-order valence-corrected chi connectivity index (χ2v) is 5.29. The molecule has 2 saturated carbocycles. The monoisotopic (exact) mass is 210 g/mol. The Morgan fingerprint density at radius 3 is 2.60 bits per heavy atom. The summed E-state index contributed by atoms with van der Waals surface area (Å²) in [5, 5.41) is 0. The van der Waals surface area contributed by atoms with Crippen LogP contribution in [0, 0.1) is 11.8 Å². The van der Waals surface area contributed by atoms with Crippen molar-refractivity contribution in [1.82, 2.24) is 0 Å². The third-order valence-electron chi connectivity index (χ3n) is 4.16. The maximum Gasteiger partial charge on any atom is 0.314 e. The lowest BCUT2D eigenvalue weighted by atomic mass is 9.71. The normalized spacial score (nSPS) is 43.0. The maximum atomic E-state index is 11.8. The van der Waals surface area contributed by atoms with Crippen LogP contribution in [0.5, 0.6) is 0 Å². The van der Waals surface area contributed by atoms with Gasteiger partial charge in [0.05, 0.1) is 12.0 Å². The molecule has 0 N–H and O–H groups in total. The van der Waals surface area contributed by atoms with Crippen LogP contribution in [0.1, 0.15) is 45.4 Å². The molecule has 1 aliphatic heterocycles. The van der Waals surface area contributed by atoms with Gasteiger partial charge in [-0.1, -0.05) is 13.3 Å². The van der Waals surface area contributed by atoms with Crippen molar-refractivity contribution in [3.05, 3.63) is 0 Å². The van der Waals surface area contributed by atoms with E-state index in [1.165, 1.54) is 6.42 Å². The van der Waals surface area contributed by atoms with Crippen LogP contribution in [0.2, 0.25) is 0 Å². The molecule has 0 bridgehead atoms. The summed E-state index contributed by atoms with van der Waals surface area (Å²) in [4.78, 5) is 11.8. The van der Waals surface area contributed by atoms with Crippen molar-refractivity contribution < 1.29 is 14.3 Å². The zero-order valence-corrected chi connectivity index (χ0v) is 9.20. The van der Waals surface area contributed by atoms with Crippen LogP contribution in [0.15, 0.2) is 0 Å². The van der Waals surface area contributed by atoms with E-state index in [9.17, 15) is 4.79 Å². The average Bonchev–Trinajstić information content (AvgIpc) is 2.16. The Bertz CT molecular complexity index is 281. The van der Waals surface area contributed by atoms with Crippen LogP contribution >= 0.6 is 0 Å². The molecule has 2 aliphatic carbocycles. The molecule has 0 aromatic heterocycles. The quantitative estimate of drug-likeness (QED) is 0.575. The SMILES string of the molecule is C[C@@H]1C[C@@H]2OC3(CCCCC3)OC(=O)[C@H]12. The number of hydrogen-bond acceptors (Lipinski definition) is 3. The van der Waals surface area contributed by atoms with E-state index in [1.807, 2.05) is 0 Å². The number of carbonyl (C=O) groups is 1. The van der Waals surface area contributed by atoms with Crippen molar-refractivity contribution in [2.75, 3.05) is 0 Å². The Morgan fingerprint density at radius 2 is 2.00 bits per heavy atom. The molecule has 1 saturated heterocycles. The van der Waals surface area contributed by atoms with Gasteiger partial charge in [0.1, 0.15) is 0 Å². The molecule has 84 valence electrons. The Morgan fingerprint density at radius 1 is 1.27 bits per heavy atom. The largest absolute Gasteiger partial charge is 0.433 e. The standard InChI is InChI=1S/C12H18O3/c1-8-7-9-10(8)11(13)15-12(14-9)5-3-2-4-6-12/h8-10H,2-7H2,1H3/t8-,9+,10-/m1/s1. The smallest absolute Gasteiger partial charge is 0.314 e. The van der Waals surface area contributed by atoms with Gasteiger partial charge in [-0.05, 0) is 25.2 Å². The van der Waals surface area contributed by atoms with Gasteiger partial charge in [0.25, 0.3) is 0 Å².